The SMILES string of the molecule is COc1ccccc1C1CC(O)c2ccccc2O1. The first-order valence-corrected chi connectivity index (χ1v) is 6.36. The predicted octanol–water partition coefficient (Wildman–Crippen LogP) is 3.25. The van der Waals surface area contributed by atoms with Crippen LogP contribution in [0.5, 0.6) is 11.5 Å². The Balaban J connectivity index is 1.97. The van der Waals surface area contributed by atoms with Crippen LogP contribution < -0.4 is 9.47 Å². The summed E-state index contributed by atoms with van der Waals surface area (Å²) in [6.07, 6.45) is -0.141. The standard InChI is InChI=1S/C16H16O3/c1-18-14-8-4-3-7-12(14)16-10-13(17)11-6-2-5-9-15(11)19-16/h2-9,13,16-17H,10H2,1H3. The van der Waals surface area contributed by atoms with E-state index in [1.54, 1.807) is 7.11 Å². The Morgan fingerprint density at radius 3 is 2.53 bits per heavy atom. The summed E-state index contributed by atoms with van der Waals surface area (Å²) in [5.74, 6) is 1.54. The number of aliphatic hydroxyl groups excluding tert-OH is 1. The minimum Gasteiger partial charge on any atom is -0.496 e. The van der Waals surface area contributed by atoms with Gasteiger partial charge in [-0.25, -0.2) is 0 Å². The highest BCUT2D eigenvalue weighted by atomic mass is 16.5. The van der Waals surface area contributed by atoms with Crippen molar-refractivity contribution in [3.05, 3.63) is 59.7 Å². The van der Waals surface area contributed by atoms with Crippen molar-refractivity contribution in [1.29, 1.82) is 0 Å². The number of hydrogen-bond donors (Lipinski definition) is 1. The largest absolute Gasteiger partial charge is 0.496 e. The van der Waals surface area contributed by atoms with Crippen LogP contribution in [-0.4, -0.2) is 12.2 Å². The van der Waals surface area contributed by atoms with E-state index in [1.165, 1.54) is 0 Å². The Labute approximate surface area is 112 Å². The summed E-state index contributed by atoms with van der Waals surface area (Å²) >= 11 is 0. The van der Waals surface area contributed by atoms with Gasteiger partial charge in [0.15, 0.2) is 0 Å². The maximum Gasteiger partial charge on any atom is 0.130 e. The van der Waals surface area contributed by atoms with Gasteiger partial charge >= 0.3 is 0 Å². The van der Waals surface area contributed by atoms with Crippen LogP contribution in [0, 0.1) is 0 Å². The van der Waals surface area contributed by atoms with Gasteiger partial charge in [-0.1, -0.05) is 36.4 Å². The molecule has 0 aliphatic carbocycles. The fourth-order valence-corrected chi connectivity index (χ4v) is 2.52. The molecule has 3 nitrogen and oxygen atoms in total. The molecule has 0 bridgehead atoms. The zero-order chi connectivity index (χ0) is 13.2. The lowest BCUT2D eigenvalue weighted by Crippen LogP contribution is -2.19. The molecule has 1 N–H and O–H groups in total. The summed E-state index contributed by atoms with van der Waals surface area (Å²) in [7, 11) is 1.64. The van der Waals surface area contributed by atoms with Gasteiger partial charge < -0.3 is 14.6 Å². The van der Waals surface area contributed by atoms with Crippen LogP contribution >= 0.6 is 0 Å². The average molecular weight is 256 g/mol. The first-order chi connectivity index (χ1) is 9.29. The zero-order valence-corrected chi connectivity index (χ0v) is 10.7. The molecule has 19 heavy (non-hydrogen) atoms. The monoisotopic (exact) mass is 256 g/mol. The Hall–Kier alpha value is -2.00. The number of fused-ring (bicyclic) bond motifs is 1. The van der Waals surface area contributed by atoms with Gasteiger partial charge in [0.1, 0.15) is 17.6 Å². The van der Waals surface area contributed by atoms with Gasteiger partial charge in [-0.2, -0.15) is 0 Å². The van der Waals surface area contributed by atoms with Crippen molar-refractivity contribution in [2.45, 2.75) is 18.6 Å². The third-order valence-corrected chi connectivity index (χ3v) is 3.47. The van der Waals surface area contributed by atoms with Crippen molar-refractivity contribution >= 4 is 0 Å². The van der Waals surface area contributed by atoms with E-state index in [1.807, 2.05) is 48.5 Å². The van der Waals surface area contributed by atoms with Crippen LogP contribution in [0.3, 0.4) is 0 Å². The molecule has 1 aliphatic rings. The maximum absolute atomic E-state index is 10.2. The number of ether oxygens (including phenoxy) is 2. The first kappa shape index (κ1) is 12.1. The molecule has 1 aliphatic heterocycles. The lowest BCUT2D eigenvalue weighted by molar-refractivity contribution is 0.0645. The molecule has 3 rings (SSSR count). The second-order valence-corrected chi connectivity index (χ2v) is 4.64. The minimum atomic E-state index is -0.500. The van der Waals surface area contributed by atoms with E-state index in [0.717, 1.165) is 22.6 Å². The van der Waals surface area contributed by atoms with E-state index in [4.69, 9.17) is 9.47 Å². The molecule has 2 aromatic carbocycles. The summed E-state index contributed by atoms with van der Waals surface area (Å²) in [6.45, 7) is 0. The Morgan fingerprint density at radius 2 is 1.74 bits per heavy atom. The third-order valence-electron chi connectivity index (χ3n) is 3.47. The Kier molecular flexibility index (Phi) is 3.13. The lowest BCUT2D eigenvalue weighted by Gasteiger charge is -2.30. The second-order valence-electron chi connectivity index (χ2n) is 4.64. The first-order valence-electron chi connectivity index (χ1n) is 6.36. The summed E-state index contributed by atoms with van der Waals surface area (Å²) in [5, 5.41) is 10.2. The van der Waals surface area contributed by atoms with Gasteiger partial charge in [0.05, 0.1) is 13.2 Å². The van der Waals surface area contributed by atoms with E-state index in [9.17, 15) is 5.11 Å². The summed E-state index contributed by atoms with van der Waals surface area (Å²) < 4.78 is 11.4. The van der Waals surface area contributed by atoms with Crippen LogP contribution in [0.1, 0.15) is 29.8 Å². The van der Waals surface area contributed by atoms with Gasteiger partial charge in [0.25, 0.3) is 0 Å². The number of aliphatic hydroxyl groups is 1. The molecule has 0 spiro atoms. The minimum absolute atomic E-state index is 0.180. The fourth-order valence-electron chi connectivity index (χ4n) is 2.52. The Morgan fingerprint density at radius 1 is 1.05 bits per heavy atom. The predicted molar refractivity (Wildman–Crippen MR) is 72.4 cm³/mol. The van der Waals surface area contributed by atoms with E-state index in [-0.39, 0.29) is 6.10 Å². The second kappa shape index (κ2) is 4.94. The van der Waals surface area contributed by atoms with Crippen LogP contribution in [-0.2, 0) is 0 Å². The molecule has 0 fully saturated rings. The van der Waals surface area contributed by atoms with Crippen molar-refractivity contribution in [3.63, 3.8) is 0 Å². The van der Waals surface area contributed by atoms with E-state index >= 15 is 0 Å². The summed E-state index contributed by atoms with van der Waals surface area (Å²) in [6, 6.07) is 15.4. The molecule has 2 aromatic rings. The highest BCUT2D eigenvalue weighted by Crippen LogP contribution is 2.42. The molecule has 0 radical (unpaired) electrons. The highest BCUT2D eigenvalue weighted by molar-refractivity contribution is 5.41. The molecule has 2 atom stereocenters. The van der Waals surface area contributed by atoms with Crippen LogP contribution in [0.15, 0.2) is 48.5 Å². The topological polar surface area (TPSA) is 38.7 Å². The smallest absolute Gasteiger partial charge is 0.130 e. The van der Waals surface area contributed by atoms with Gasteiger partial charge in [0.2, 0.25) is 0 Å². The third kappa shape index (κ3) is 2.17. The maximum atomic E-state index is 10.2. The van der Waals surface area contributed by atoms with Gasteiger partial charge in [-0.3, -0.25) is 0 Å². The molecular formula is C16H16O3. The normalized spacial score (nSPS) is 21.4. The van der Waals surface area contributed by atoms with Crippen molar-refractivity contribution in [1.82, 2.24) is 0 Å². The molecular weight excluding hydrogens is 240 g/mol. The van der Waals surface area contributed by atoms with E-state index < -0.39 is 6.10 Å². The lowest BCUT2D eigenvalue weighted by atomic mass is 9.94. The van der Waals surface area contributed by atoms with E-state index in [0.29, 0.717) is 6.42 Å². The number of rotatable bonds is 2. The zero-order valence-electron chi connectivity index (χ0n) is 10.7. The summed E-state index contributed by atoms with van der Waals surface area (Å²) in [4.78, 5) is 0. The molecule has 3 heteroatoms. The molecule has 0 saturated carbocycles. The average Bonchev–Trinajstić information content (AvgIpc) is 2.47. The molecule has 0 amide bonds. The summed E-state index contributed by atoms with van der Waals surface area (Å²) in [5.41, 5.74) is 1.83. The highest BCUT2D eigenvalue weighted by Gasteiger charge is 2.29. The van der Waals surface area contributed by atoms with Crippen LogP contribution in [0.4, 0.5) is 0 Å². The molecule has 1 heterocycles. The van der Waals surface area contributed by atoms with E-state index in [2.05, 4.69) is 0 Å². The molecule has 98 valence electrons. The van der Waals surface area contributed by atoms with Crippen molar-refractivity contribution in [2.24, 2.45) is 0 Å². The van der Waals surface area contributed by atoms with Gasteiger partial charge in [0, 0.05) is 17.5 Å². The number of benzene rings is 2. The number of hydrogen-bond acceptors (Lipinski definition) is 3. The number of para-hydroxylation sites is 2. The van der Waals surface area contributed by atoms with Crippen molar-refractivity contribution < 1.29 is 14.6 Å². The van der Waals surface area contributed by atoms with Gasteiger partial charge in [-0.15, -0.1) is 0 Å². The van der Waals surface area contributed by atoms with Crippen LogP contribution in [0.25, 0.3) is 0 Å². The van der Waals surface area contributed by atoms with Gasteiger partial charge in [-0.05, 0) is 12.1 Å². The number of methoxy groups -OCH3 is 1. The van der Waals surface area contributed by atoms with Crippen molar-refractivity contribution in [3.8, 4) is 11.5 Å². The Bertz CT molecular complexity index is 580. The molecule has 0 aromatic heterocycles. The van der Waals surface area contributed by atoms with Crippen molar-refractivity contribution in [2.75, 3.05) is 7.11 Å². The molecule has 2 unspecified atom stereocenters. The molecule has 0 saturated heterocycles. The fraction of sp³-hybridized carbons (Fsp3) is 0.250. The quantitative estimate of drug-likeness (QED) is 0.896. The van der Waals surface area contributed by atoms with Crippen LogP contribution in [0.2, 0.25) is 0 Å².